The van der Waals surface area contributed by atoms with Gasteiger partial charge in [-0.3, -0.25) is 0 Å². The lowest BCUT2D eigenvalue weighted by molar-refractivity contribution is 0.254. The lowest BCUT2D eigenvalue weighted by Crippen LogP contribution is -2.46. The Bertz CT molecular complexity index is 348. The van der Waals surface area contributed by atoms with E-state index < -0.39 is 0 Å². The molecule has 1 atom stereocenters. The topological polar surface area (TPSA) is 15.6 Å². The number of hydrogen-bond acceptors (Lipinski definition) is 1. The molecule has 0 radical (unpaired) electrons. The fourth-order valence-electron chi connectivity index (χ4n) is 2.23. The van der Waals surface area contributed by atoms with Crippen molar-refractivity contribution in [1.82, 2.24) is 4.90 Å². The smallest absolute Gasteiger partial charge is 0.109 e. The summed E-state index contributed by atoms with van der Waals surface area (Å²) in [6.45, 7) is 22.5. The Labute approximate surface area is 119 Å². The molecule has 0 aliphatic rings. The SMILES string of the molecule is C=CC/C(=N\C(=C)C)N(C(CC)CC)C(C)C(=C)C. The molecule has 19 heavy (non-hydrogen) atoms. The predicted octanol–water partition coefficient (Wildman–Crippen LogP) is 4.95. The molecule has 2 nitrogen and oxygen atoms in total. The third-order valence-electron chi connectivity index (χ3n) is 3.41. The van der Waals surface area contributed by atoms with Gasteiger partial charge in [0, 0.05) is 24.2 Å². The van der Waals surface area contributed by atoms with Crippen molar-refractivity contribution in [2.45, 2.75) is 66.0 Å². The van der Waals surface area contributed by atoms with Crippen molar-refractivity contribution >= 4 is 5.84 Å². The van der Waals surface area contributed by atoms with Crippen LogP contribution < -0.4 is 0 Å². The van der Waals surface area contributed by atoms with Gasteiger partial charge in [-0.25, -0.2) is 4.99 Å². The van der Waals surface area contributed by atoms with E-state index >= 15 is 0 Å². The molecule has 0 aromatic rings. The summed E-state index contributed by atoms with van der Waals surface area (Å²) in [5.41, 5.74) is 1.99. The first-order valence-electron chi connectivity index (χ1n) is 7.16. The number of rotatable bonds is 8. The standard InChI is InChI=1S/C17H30N2/c1-9-12-17(18-14(6)7)19(15(8)13(4)5)16(10-2)11-3/h9,15-16H,1,4,6,10-12H2,2-3,5,7-8H3/b18-17+. The van der Waals surface area contributed by atoms with E-state index in [9.17, 15) is 0 Å². The van der Waals surface area contributed by atoms with Gasteiger partial charge in [0.2, 0.25) is 0 Å². The third kappa shape index (κ3) is 5.46. The lowest BCUT2D eigenvalue weighted by atomic mass is 10.0. The minimum absolute atomic E-state index is 0.281. The summed E-state index contributed by atoms with van der Waals surface area (Å²) >= 11 is 0. The predicted molar refractivity (Wildman–Crippen MR) is 87.5 cm³/mol. The number of amidine groups is 1. The largest absolute Gasteiger partial charge is 0.350 e. The van der Waals surface area contributed by atoms with E-state index in [4.69, 9.17) is 0 Å². The molecule has 0 saturated heterocycles. The van der Waals surface area contributed by atoms with Crippen LogP contribution in [-0.4, -0.2) is 22.8 Å². The molecule has 0 bridgehead atoms. The number of allylic oxidation sites excluding steroid dienone is 1. The van der Waals surface area contributed by atoms with E-state index in [0.717, 1.165) is 36.4 Å². The first-order valence-corrected chi connectivity index (χ1v) is 7.16. The average Bonchev–Trinajstić information content (AvgIpc) is 2.33. The number of aliphatic imine (C=N–C) groups is 1. The van der Waals surface area contributed by atoms with Crippen molar-refractivity contribution in [3.63, 3.8) is 0 Å². The van der Waals surface area contributed by atoms with Crippen molar-refractivity contribution in [2.24, 2.45) is 4.99 Å². The van der Waals surface area contributed by atoms with E-state index in [1.165, 1.54) is 0 Å². The fourth-order valence-corrected chi connectivity index (χ4v) is 2.23. The minimum atomic E-state index is 0.281. The van der Waals surface area contributed by atoms with Crippen molar-refractivity contribution in [3.8, 4) is 0 Å². The Balaban J connectivity index is 5.56. The van der Waals surface area contributed by atoms with Crippen LogP contribution in [0.3, 0.4) is 0 Å². The van der Waals surface area contributed by atoms with Crippen LogP contribution in [0, 0.1) is 0 Å². The molecule has 0 aromatic carbocycles. The summed E-state index contributed by atoms with van der Waals surface area (Å²) in [6, 6.07) is 0.757. The van der Waals surface area contributed by atoms with Crippen LogP contribution in [0.4, 0.5) is 0 Å². The zero-order chi connectivity index (χ0) is 15.0. The van der Waals surface area contributed by atoms with Crippen molar-refractivity contribution in [3.05, 3.63) is 37.1 Å². The summed E-state index contributed by atoms with van der Waals surface area (Å²) in [5.74, 6) is 1.05. The van der Waals surface area contributed by atoms with Crippen LogP contribution >= 0.6 is 0 Å². The Kier molecular flexibility index (Phi) is 8.13. The summed E-state index contributed by atoms with van der Waals surface area (Å²) in [6.07, 6.45) is 4.87. The zero-order valence-corrected chi connectivity index (χ0v) is 13.4. The number of nitrogens with zero attached hydrogens (tertiary/aromatic N) is 2. The Hall–Kier alpha value is -1.31. The highest BCUT2D eigenvalue weighted by molar-refractivity contribution is 5.85. The molecule has 0 saturated carbocycles. The van der Waals surface area contributed by atoms with Crippen molar-refractivity contribution < 1.29 is 0 Å². The van der Waals surface area contributed by atoms with Gasteiger partial charge >= 0.3 is 0 Å². The second-order valence-electron chi connectivity index (χ2n) is 5.16. The lowest BCUT2D eigenvalue weighted by Gasteiger charge is -2.39. The summed E-state index contributed by atoms with van der Waals surface area (Å²) in [4.78, 5) is 7.01. The zero-order valence-electron chi connectivity index (χ0n) is 13.4. The summed E-state index contributed by atoms with van der Waals surface area (Å²) in [7, 11) is 0. The van der Waals surface area contributed by atoms with Gasteiger partial charge in [-0.2, -0.15) is 0 Å². The van der Waals surface area contributed by atoms with Gasteiger partial charge < -0.3 is 4.90 Å². The summed E-state index contributed by atoms with van der Waals surface area (Å²) in [5, 5.41) is 0. The second-order valence-corrected chi connectivity index (χ2v) is 5.16. The Morgan fingerprint density at radius 3 is 2.05 bits per heavy atom. The van der Waals surface area contributed by atoms with Crippen molar-refractivity contribution in [1.29, 1.82) is 0 Å². The molecule has 0 aliphatic carbocycles. The van der Waals surface area contributed by atoms with Gasteiger partial charge in [0.25, 0.3) is 0 Å². The molecule has 0 fully saturated rings. The highest BCUT2D eigenvalue weighted by Crippen LogP contribution is 2.20. The molecule has 2 heteroatoms. The van der Waals surface area contributed by atoms with E-state index in [0.29, 0.717) is 6.04 Å². The van der Waals surface area contributed by atoms with Gasteiger partial charge in [-0.05, 0) is 33.6 Å². The van der Waals surface area contributed by atoms with E-state index in [1.54, 1.807) is 0 Å². The van der Waals surface area contributed by atoms with Gasteiger partial charge in [0.1, 0.15) is 5.84 Å². The minimum Gasteiger partial charge on any atom is -0.350 e. The highest BCUT2D eigenvalue weighted by atomic mass is 15.2. The highest BCUT2D eigenvalue weighted by Gasteiger charge is 2.24. The average molecular weight is 262 g/mol. The maximum Gasteiger partial charge on any atom is 0.109 e. The second kappa shape index (κ2) is 8.73. The number of hydrogen-bond donors (Lipinski definition) is 0. The molecule has 0 amide bonds. The molecule has 0 rings (SSSR count). The molecule has 0 spiro atoms. The maximum atomic E-state index is 4.62. The Morgan fingerprint density at radius 2 is 1.74 bits per heavy atom. The van der Waals surface area contributed by atoms with Crippen molar-refractivity contribution in [2.75, 3.05) is 0 Å². The van der Waals surface area contributed by atoms with Crippen LogP contribution in [0.25, 0.3) is 0 Å². The normalized spacial score (nSPS) is 13.3. The van der Waals surface area contributed by atoms with E-state index in [-0.39, 0.29) is 6.04 Å². The molecule has 0 heterocycles. The molecule has 1 unspecified atom stereocenters. The fraction of sp³-hybridized carbons (Fsp3) is 0.588. The van der Waals surface area contributed by atoms with Crippen LogP contribution in [0.15, 0.2) is 42.1 Å². The molecular weight excluding hydrogens is 232 g/mol. The van der Waals surface area contributed by atoms with Gasteiger partial charge in [-0.1, -0.05) is 38.7 Å². The van der Waals surface area contributed by atoms with Crippen LogP contribution in [-0.2, 0) is 0 Å². The summed E-state index contributed by atoms with van der Waals surface area (Å²) < 4.78 is 0. The van der Waals surface area contributed by atoms with Crippen LogP contribution in [0.2, 0.25) is 0 Å². The molecule has 108 valence electrons. The maximum absolute atomic E-state index is 4.62. The van der Waals surface area contributed by atoms with E-state index in [1.807, 2.05) is 13.0 Å². The van der Waals surface area contributed by atoms with Crippen LogP contribution in [0.1, 0.15) is 53.9 Å². The molecular formula is C17H30N2. The quantitative estimate of drug-likeness (QED) is 0.343. The molecule has 0 aliphatic heterocycles. The first kappa shape index (κ1) is 17.7. The van der Waals surface area contributed by atoms with Gasteiger partial charge in [-0.15, -0.1) is 6.58 Å². The third-order valence-corrected chi connectivity index (χ3v) is 3.41. The first-order chi connectivity index (χ1) is 8.88. The van der Waals surface area contributed by atoms with Gasteiger partial charge in [0.05, 0.1) is 0 Å². The van der Waals surface area contributed by atoms with E-state index in [2.05, 4.69) is 57.3 Å². The monoisotopic (exact) mass is 262 g/mol. The Morgan fingerprint density at radius 1 is 1.21 bits per heavy atom. The molecule has 0 N–H and O–H groups in total. The van der Waals surface area contributed by atoms with Crippen LogP contribution in [0.5, 0.6) is 0 Å². The molecule has 0 aromatic heterocycles. The van der Waals surface area contributed by atoms with Gasteiger partial charge in [0.15, 0.2) is 0 Å².